The Bertz CT molecular complexity index is 982. The molecule has 1 N–H and O–H groups in total. The van der Waals surface area contributed by atoms with Gasteiger partial charge in [-0.2, -0.15) is 13.5 Å². The lowest BCUT2D eigenvalue weighted by molar-refractivity contribution is 0.0677. The van der Waals surface area contributed by atoms with Crippen LogP contribution in [0.15, 0.2) is 58.5 Å². The smallest absolute Gasteiger partial charge is 0.269 e. The normalized spacial score (nSPS) is 14.5. The van der Waals surface area contributed by atoms with Gasteiger partial charge in [0.05, 0.1) is 28.3 Å². The minimum absolute atomic E-state index is 0.154. The molecule has 1 aliphatic rings. The van der Waals surface area contributed by atoms with Crippen LogP contribution in [0.1, 0.15) is 27.6 Å². The van der Waals surface area contributed by atoms with Crippen LogP contribution in [-0.2, 0) is 10.0 Å². The van der Waals surface area contributed by atoms with Crippen molar-refractivity contribution in [1.29, 1.82) is 0 Å². The van der Waals surface area contributed by atoms with Crippen LogP contribution in [0.5, 0.6) is 0 Å². The molecule has 0 fully saturated rings. The lowest BCUT2D eigenvalue weighted by Gasteiger charge is -2.13. The van der Waals surface area contributed by atoms with E-state index in [4.69, 9.17) is 0 Å². The Morgan fingerprint density at radius 3 is 2.12 bits per heavy atom. The van der Waals surface area contributed by atoms with Crippen molar-refractivity contribution >= 4 is 27.5 Å². The highest BCUT2D eigenvalue weighted by Gasteiger charge is 2.35. The molecule has 0 saturated heterocycles. The quantitative estimate of drug-likeness (QED) is 0.489. The summed E-state index contributed by atoms with van der Waals surface area (Å²) in [6.07, 6.45) is 0. The monoisotopic (exact) mass is 375 g/mol. The summed E-state index contributed by atoms with van der Waals surface area (Å²) in [5.74, 6) is -1.47. The lowest BCUT2D eigenvalue weighted by Crippen LogP contribution is -2.35. The van der Waals surface area contributed by atoms with Crippen LogP contribution in [0.2, 0.25) is 0 Å². The minimum Gasteiger partial charge on any atom is -0.269 e. The maximum Gasteiger partial charge on any atom is 0.276 e. The first-order chi connectivity index (χ1) is 12.3. The highest BCUT2D eigenvalue weighted by Crippen LogP contribution is 2.22. The summed E-state index contributed by atoms with van der Waals surface area (Å²) in [7, 11) is -3.98. The van der Waals surface area contributed by atoms with E-state index in [1.165, 1.54) is 6.92 Å². The number of imide groups is 1. The zero-order valence-corrected chi connectivity index (χ0v) is 14.5. The van der Waals surface area contributed by atoms with Gasteiger partial charge in [0.1, 0.15) is 5.82 Å². The topological polar surface area (TPSA) is 95.9 Å². The summed E-state index contributed by atoms with van der Waals surface area (Å²) in [5, 5.41) is 3.73. The van der Waals surface area contributed by atoms with Gasteiger partial charge in [-0.05, 0) is 43.3 Å². The summed E-state index contributed by atoms with van der Waals surface area (Å²) in [6.45, 7) is 1.33. The molecule has 0 spiro atoms. The molecule has 26 heavy (non-hydrogen) atoms. The molecule has 0 radical (unpaired) electrons. The Morgan fingerprint density at radius 1 is 1.04 bits per heavy atom. The number of halogens is 1. The van der Waals surface area contributed by atoms with Gasteiger partial charge in [0.25, 0.3) is 21.8 Å². The number of hydrogen-bond acceptors (Lipinski definition) is 5. The molecule has 9 heteroatoms. The maximum absolute atomic E-state index is 12.9. The number of carbonyl (C=O) groups is 2. The van der Waals surface area contributed by atoms with E-state index in [-0.39, 0.29) is 17.2 Å². The van der Waals surface area contributed by atoms with E-state index in [1.54, 1.807) is 24.3 Å². The van der Waals surface area contributed by atoms with Crippen molar-refractivity contribution in [3.63, 3.8) is 0 Å². The van der Waals surface area contributed by atoms with Gasteiger partial charge in [0.15, 0.2) is 0 Å². The molecule has 0 aromatic heterocycles. The van der Waals surface area contributed by atoms with E-state index in [2.05, 4.69) is 5.10 Å². The van der Waals surface area contributed by atoms with E-state index in [9.17, 15) is 22.4 Å². The predicted octanol–water partition coefficient (Wildman–Crippen LogP) is 1.78. The Kier molecular flexibility index (Phi) is 4.56. The number of amides is 2. The van der Waals surface area contributed by atoms with E-state index < -0.39 is 27.7 Å². The Hall–Kier alpha value is -3.07. The molecule has 0 bridgehead atoms. The molecule has 0 aliphatic carbocycles. The fraction of sp³-hybridized carbons (Fsp3) is 0.118. The summed E-state index contributed by atoms with van der Waals surface area (Å²) < 4.78 is 37.1. The van der Waals surface area contributed by atoms with Crippen LogP contribution in [0, 0.1) is 5.82 Å². The van der Waals surface area contributed by atoms with Crippen molar-refractivity contribution in [2.75, 3.05) is 6.54 Å². The summed E-state index contributed by atoms with van der Waals surface area (Å²) in [6, 6.07) is 10.7. The number of carbonyl (C=O) groups excluding carboxylic acids is 2. The number of hydrogen-bond donors (Lipinski definition) is 1. The van der Waals surface area contributed by atoms with Crippen molar-refractivity contribution in [1.82, 2.24) is 9.73 Å². The summed E-state index contributed by atoms with van der Waals surface area (Å²) in [5.41, 5.74) is 0.819. The fourth-order valence-corrected chi connectivity index (χ4v) is 3.33. The van der Waals surface area contributed by atoms with Gasteiger partial charge < -0.3 is 0 Å². The van der Waals surface area contributed by atoms with Crippen LogP contribution in [0.4, 0.5) is 4.39 Å². The van der Waals surface area contributed by atoms with Gasteiger partial charge in [-0.25, -0.2) is 9.22 Å². The first-order valence-corrected chi connectivity index (χ1v) is 9.03. The average molecular weight is 375 g/mol. The highest BCUT2D eigenvalue weighted by atomic mass is 32.2. The predicted molar refractivity (Wildman–Crippen MR) is 91.6 cm³/mol. The zero-order valence-electron chi connectivity index (χ0n) is 13.6. The first kappa shape index (κ1) is 17.7. The molecule has 0 atom stereocenters. The molecule has 0 saturated carbocycles. The van der Waals surface area contributed by atoms with Crippen molar-refractivity contribution in [3.05, 3.63) is 65.5 Å². The summed E-state index contributed by atoms with van der Waals surface area (Å²) >= 11 is 0. The van der Waals surface area contributed by atoms with Gasteiger partial charge in [-0.1, -0.05) is 12.1 Å². The van der Waals surface area contributed by atoms with Crippen molar-refractivity contribution in [2.24, 2.45) is 5.10 Å². The zero-order chi connectivity index (χ0) is 18.9. The second kappa shape index (κ2) is 6.68. The van der Waals surface area contributed by atoms with E-state index >= 15 is 0 Å². The van der Waals surface area contributed by atoms with E-state index in [0.717, 1.165) is 29.2 Å². The molecule has 2 amide bonds. The lowest BCUT2D eigenvalue weighted by atomic mass is 10.1. The van der Waals surface area contributed by atoms with Crippen molar-refractivity contribution in [3.8, 4) is 0 Å². The Balaban J connectivity index is 1.73. The molecule has 134 valence electrons. The van der Waals surface area contributed by atoms with Crippen LogP contribution in [0.3, 0.4) is 0 Å². The molecule has 0 unspecified atom stereocenters. The van der Waals surface area contributed by atoms with Gasteiger partial charge in [0.2, 0.25) is 0 Å². The third-order valence-electron chi connectivity index (χ3n) is 3.75. The molecule has 3 rings (SSSR count). The van der Waals surface area contributed by atoms with Crippen LogP contribution in [-0.4, -0.2) is 37.4 Å². The number of sulfonamides is 1. The third-order valence-corrected chi connectivity index (χ3v) is 4.97. The summed E-state index contributed by atoms with van der Waals surface area (Å²) in [4.78, 5) is 27.4. The minimum atomic E-state index is -3.98. The largest absolute Gasteiger partial charge is 0.276 e. The fourth-order valence-electron chi connectivity index (χ4n) is 2.45. The van der Waals surface area contributed by atoms with Crippen LogP contribution < -0.4 is 4.83 Å². The second-order valence-corrected chi connectivity index (χ2v) is 7.30. The number of nitrogens with zero attached hydrogens (tertiary/aromatic N) is 2. The highest BCUT2D eigenvalue weighted by molar-refractivity contribution is 7.89. The number of benzene rings is 2. The van der Waals surface area contributed by atoms with Gasteiger partial charge in [-0.15, -0.1) is 0 Å². The SMILES string of the molecule is CC(CN1C(=O)c2ccccc2C1=O)=NNS(=O)(=O)c1ccc(F)cc1. The van der Waals surface area contributed by atoms with Crippen LogP contribution >= 0.6 is 0 Å². The van der Waals surface area contributed by atoms with E-state index in [1.807, 2.05) is 4.83 Å². The molecule has 2 aromatic carbocycles. The standard InChI is InChI=1S/C17H14FN3O4S/c1-11(19-20-26(24,25)13-8-6-12(18)7-9-13)10-21-16(22)14-4-2-3-5-15(14)17(21)23/h2-9,20H,10H2,1H3. The molecule has 1 aliphatic heterocycles. The molecular formula is C17H14FN3O4S. The molecule has 7 nitrogen and oxygen atoms in total. The maximum atomic E-state index is 12.9. The van der Waals surface area contributed by atoms with Crippen LogP contribution in [0.25, 0.3) is 0 Å². The number of hydrazone groups is 1. The Labute approximate surface area is 149 Å². The second-order valence-electron chi connectivity index (χ2n) is 5.64. The average Bonchev–Trinajstić information content (AvgIpc) is 2.86. The van der Waals surface area contributed by atoms with Gasteiger partial charge in [0, 0.05) is 0 Å². The Morgan fingerprint density at radius 2 is 1.58 bits per heavy atom. The van der Waals surface area contributed by atoms with Gasteiger partial charge in [-0.3, -0.25) is 14.5 Å². The molecular weight excluding hydrogens is 361 g/mol. The first-order valence-electron chi connectivity index (χ1n) is 7.55. The number of nitrogens with one attached hydrogen (secondary N) is 1. The third kappa shape index (κ3) is 3.33. The number of rotatable bonds is 5. The van der Waals surface area contributed by atoms with Gasteiger partial charge >= 0.3 is 0 Å². The number of fused-ring (bicyclic) bond motifs is 1. The molecule has 2 aromatic rings. The van der Waals surface area contributed by atoms with Crippen molar-refractivity contribution < 1.29 is 22.4 Å². The van der Waals surface area contributed by atoms with E-state index in [0.29, 0.717) is 11.1 Å². The molecule has 1 heterocycles. The van der Waals surface area contributed by atoms with Crippen molar-refractivity contribution in [2.45, 2.75) is 11.8 Å².